The van der Waals surface area contributed by atoms with Gasteiger partial charge in [-0.1, -0.05) is 0 Å². The fourth-order valence-electron chi connectivity index (χ4n) is 4.23. The molecule has 0 amide bonds. The van der Waals surface area contributed by atoms with Crippen molar-refractivity contribution in [1.82, 2.24) is 5.06 Å². The summed E-state index contributed by atoms with van der Waals surface area (Å²) in [5.74, 6) is 1.99. The van der Waals surface area contributed by atoms with Gasteiger partial charge in [0.2, 0.25) is 0 Å². The van der Waals surface area contributed by atoms with Crippen molar-refractivity contribution in [2.24, 2.45) is 0 Å². The minimum atomic E-state index is -0.221. The van der Waals surface area contributed by atoms with Crippen LogP contribution in [0.1, 0.15) is 71.6 Å². The Hall–Kier alpha value is -1.42. The van der Waals surface area contributed by atoms with Gasteiger partial charge in [-0.2, -0.15) is 0 Å². The maximum atomic E-state index is 6.38. The maximum Gasteiger partial charge on any atom is 0.160 e. The average Bonchev–Trinajstić information content (AvgIpc) is 3.01. The molecule has 0 radical (unpaired) electrons. The van der Waals surface area contributed by atoms with Crippen LogP contribution in [0.3, 0.4) is 0 Å². The molecule has 24 heavy (non-hydrogen) atoms. The summed E-state index contributed by atoms with van der Waals surface area (Å²) < 4.78 is 5.95. The fourth-order valence-corrected chi connectivity index (χ4v) is 4.23. The SMILES string of the molecule is COc1c(NC(C)(C)C)c2c(c3c1C(C)(C)N(C(C)C)O3)CCC2. The lowest BCUT2D eigenvalue weighted by atomic mass is 9.88. The largest absolute Gasteiger partial charge is 0.494 e. The number of fused-ring (bicyclic) bond motifs is 3. The van der Waals surface area contributed by atoms with Gasteiger partial charge in [0.1, 0.15) is 0 Å². The highest BCUT2D eigenvalue weighted by molar-refractivity contribution is 5.76. The van der Waals surface area contributed by atoms with E-state index in [0.717, 1.165) is 24.3 Å². The van der Waals surface area contributed by atoms with Crippen molar-refractivity contribution >= 4 is 5.69 Å². The van der Waals surface area contributed by atoms with Gasteiger partial charge in [0, 0.05) is 17.1 Å². The molecule has 0 atom stereocenters. The lowest BCUT2D eigenvalue weighted by molar-refractivity contribution is -0.133. The number of anilines is 1. The molecule has 1 aromatic carbocycles. The van der Waals surface area contributed by atoms with Gasteiger partial charge >= 0.3 is 0 Å². The van der Waals surface area contributed by atoms with Crippen LogP contribution in [0.4, 0.5) is 5.69 Å². The van der Waals surface area contributed by atoms with E-state index in [1.807, 2.05) is 0 Å². The van der Waals surface area contributed by atoms with Crippen molar-refractivity contribution in [3.63, 3.8) is 0 Å². The number of hydrogen-bond acceptors (Lipinski definition) is 4. The third-order valence-corrected chi connectivity index (χ3v) is 5.00. The molecule has 2 aliphatic rings. The van der Waals surface area contributed by atoms with Gasteiger partial charge in [-0.05, 0) is 73.3 Å². The molecule has 134 valence electrons. The Bertz CT molecular complexity index is 657. The van der Waals surface area contributed by atoms with E-state index in [1.165, 1.54) is 28.8 Å². The van der Waals surface area contributed by atoms with Gasteiger partial charge in [-0.3, -0.25) is 0 Å². The second-order valence-corrected chi connectivity index (χ2v) is 8.87. The molecule has 1 aliphatic heterocycles. The second-order valence-electron chi connectivity index (χ2n) is 8.87. The van der Waals surface area contributed by atoms with Crippen LogP contribution in [0.25, 0.3) is 0 Å². The number of nitrogens with zero attached hydrogens (tertiary/aromatic N) is 1. The van der Waals surface area contributed by atoms with Gasteiger partial charge in [-0.15, -0.1) is 5.06 Å². The Kier molecular flexibility index (Phi) is 4.03. The first-order chi connectivity index (χ1) is 11.1. The first-order valence-electron chi connectivity index (χ1n) is 9.09. The van der Waals surface area contributed by atoms with E-state index in [2.05, 4.69) is 58.8 Å². The molecule has 4 nitrogen and oxygen atoms in total. The smallest absolute Gasteiger partial charge is 0.160 e. The van der Waals surface area contributed by atoms with Crippen molar-refractivity contribution in [2.75, 3.05) is 12.4 Å². The van der Waals surface area contributed by atoms with Crippen LogP contribution in [-0.4, -0.2) is 23.8 Å². The highest BCUT2D eigenvalue weighted by Gasteiger charge is 2.47. The maximum absolute atomic E-state index is 6.38. The fraction of sp³-hybridized carbons (Fsp3) is 0.700. The highest BCUT2D eigenvalue weighted by Crippen LogP contribution is 2.56. The summed E-state index contributed by atoms with van der Waals surface area (Å²) in [4.78, 5) is 6.38. The predicted octanol–water partition coefficient (Wildman–Crippen LogP) is 4.65. The normalized spacial score (nSPS) is 19.2. The molecule has 0 aromatic heterocycles. The van der Waals surface area contributed by atoms with Crippen LogP contribution in [0.15, 0.2) is 0 Å². The van der Waals surface area contributed by atoms with Crippen LogP contribution < -0.4 is 14.9 Å². The third kappa shape index (κ3) is 2.55. The number of rotatable bonds is 3. The summed E-state index contributed by atoms with van der Waals surface area (Å²) in [6, 6.07) is 0.299. The van der Waals surface area contributed by atoms with E-state index in [1.54, 1.807) is 7.11 Å². The van der Waals surface area contributed by atoms with Gasteiger partial charge in [0.15, 0.2) is 11.5 Å². The first kappa shape index (κ1) is 17.4. The molecule has 0 fully saturated rings. The molecule has 1 heterocycles. The molecule has 0 saturated heterocycles. The number of nitrogens with one attached hydrogen (secondary N) is 1. The zero-order valence-corrected chi connectivity index (χ0v) is 16.5. The molecule has 0 unspecified atom stereocenters. The first-order valence-corrected chi connectivity index (χ1v) is 9.09. The zero-order chi connectivity index (χ0) is 17.9. The monoisotopic (exact) mass is 332 g/mol. The van der Waals surface area contributed by atoms with Crippen LogP contribution in [0.5, 0.6) is 11.5 Å². The molecule has 1 aliphatic carbocycles. The molecule has 0 saturated carbocycles. The molecular formula is C20H32N2O2. The van der Waals surface area contributed by atoms with Crippen molar-refractivity contribution in [1.29, 1.82) is 0 Å². The van der Waals surface area contributed by atoms with Crippen LogP contribution >= 0.6 is 0 Å². The quantitative estimate of drug-likeness (QED) is 0.874. The van der Waals surface area contributed by atoms with E-state index in [9.17, 15) is 0 Å². The zero-order valence-electron chi connectivity index (χ0n) is 16.5. The number of hydroxylamine groups is 2. The Labute approximate surface area is 146 Å². The molecule has 0 bridgehead atoms. The van der Waals surface area contributed by atoms with Crippen molar-refractivity contribution < 1.29 is 9.57 Å². The summed E-state index contributed by atoms with van der Waals surface area (Å²) >= 11 is 0. The summed E-state index contributed by atoms with van der Waals surface area (Å²) in [6.07, 6.45) is 3.35. The number of methoxy groups -OCH3 is 1. The summed E-state index contributed by atoms with van der Waals surface area (Å²) in [5.41, 5.74) is 4.86. The van der Waals surface area contributed by atoms with E-state index >= 15 is 0 Å². The second kappa shape index (κ2) is 5.55. The van der Waals surface area contributed by atoms with E-state index < -0.39 is 0 Å². The van der Waals surface area contributed by atoms with Crippen molar-refractivity contribution in [3.05, 3.63) is 16.7 Å². The number of ether oxygens (including phenoxy) is 1. The van der Waals surface area contributed by atoms with Gasteiger partial charge in [0.05, 0.1) is 23.9 Å². The van der Waals surface area contributed by atoms with Gasteiger partial charge < -0.3 is 14.9 Å². The molecule has 4 heteroatoms. The minimum absolute atomic E-state index is 0.0147. The lowest BCUT2D eigenvalue weighted by Crippen LogP contribution is -2.43. The summed E-state index contributed by atoms with van der Waals surface area (Å²) in [5, 5.41) is 5.82. The highest BCUT2D eigenvalue weighted by atomic mass is 16.7. The summed E-state index contributed by atoms with van der Waals surface area (Å²) in [7, 11) is 1.78. The standard InChI is InChI=1S/C20H32N2O2/c1-12(2)22-20(6,7)15-17(24-22)14-11-9-10-13(14)16(18(15)23-8)21-19(3,4)5/h12,21H,9-11H2,1-8H3. The Morgan fingerprint density at radius 1 is 1.17 bits per heavy atom. The predicted molar refractivity (Wildman–Crippen MR) is 99.0 cm³/mol. The van der Waals surface area contributed by atoms with E-state index in [0.29, 0.717) is 6.04 Å². The Balaban J connectivity index is 2.27. The number of benzene rings is 1. The van der Waals surface area contributed by atoms with Crippen molar-refractivity contribution in [2.45, 2.75) is 84.8 Å². The number of hydrogen-bond donors (Lipinski definition) is 1. The minimum Gasteiger partial charge on any atom is -0.494 e. The van der Waals surface area contributed by atoms with Gasteiger partial charge in [-0.25, -0.2) is 0 Å². The molecule has 3 rings (SSSR count). The topological polar surface area (TPSA) is 33.7 Å². The lowest BCUT2D eigenvalue weighted by Gasteiger charge is -2.33. The van der Waals surface area contributed by atoms with Crippen molar-refractivity contribution in [3.8, 4) is 11.5 Å². The average molecular weight is 332 g/mol. The Morgan fingerprint density at radius 3 is 2.33 bits per heavy atom. The van der Waals surface area contributed by atoms with Crippen LogP contribution in [-0.2, 0) is 18.4 Å². The molecule has 1 aromatic rings. The third-order valence-electron chi connectivity index (χ3n) is 5.00. The molecule has 1 N–H and O–H groups in total. The molecule has 0 spiro atoms. The molecular weight excluding hydrogens is 300 g/mol. The van der Waals surface area contributed by atoms with E-state index in [-0.39, 0.29) is 11.1 Å². The Morgan fingerprint density at radius 2 is 1.79 bits per heavy atom. The van der Waals surface area contributed by atoms with E-state index in [4.69, 9.17) is 9.57 Å². The summed E-state index contributed by atoms with van der Waals surface area (Å²) in [6.45, 7) is 15.4. The van der Waals surface area contributed by atoms with Crippen LogP contribution in [0.2, 0.25) is 0 Å². The van der Waals surface area contributed by atoms with Crippen LogP contribution in [0, 0.1) is 0 Å². The van der Waals surface area contributed by atoms with Gasteiger partial charge in [0.25, 0.3) is 0 Å².